The summed E-state index contributed by atoms with van der Waals surface area (Å²) in [5.74, 6) is -0.124. The summed E-state index contributed by atoms with van der Waals surface area (Å²) in [7, 11) is 1.97. The van der Waals surface area contributed by atoms with Crippen molar-refractivity contribution < 1.29 is 4.39 Å². The summed E-state index contributed by atoms with van der Waals surface area (Å²) in [4.78, 5) is 2.03. The van der Waals surface area contributed by atoms with Crippen molar-refractivity contribution in [1.82, 2.24) is 5.32 Å². The number of anilines is 1. The number of nitrogens with one attached hydrogen (secondary N) is 1. The lowest BCUT2D eigenvalue weighted by molar-refractivity contribution is 0.579. The molecule has 0 aromatic heterocycles. The molecule has 0 aliphatic carbocycles. The molecule has 0 saturated carbocycles. The summed E-state index contributed by atoms with van der Waals surface area (Å²) in [6.45, 7) is 8.12. The van der Waals surface area contributed by atoms with E-state index >= 15 is 0 Å². The lowest BCUT2D eigenvalue weighted by Crippen LogP contribution is -2.29. The van der Waals surface area contributed by atoms with Crippen LogP contribution in [0.4, 0.5) is 10.1 Å². The Balaban J connectivity index is 2.70. The highest BCUT2D eigenvalue weighted by molar-refractivity contribution is 5.49. The fourth-order valence-corrected chi connectivity index (χ4v) is 2.20. The molecular formula is C16H27FN2. The smallest absolute Gasteiger partial charge is 0.146 e. The number of nitrogens with zero attached hydrogens (tertiary/aromatic N) is 1. The molecule has 0 aliphatic rings. The molecule has 2 nitrogen and oxygen atoms in total. The fraction of sp³-hybridized carbons (Fsp3) is 0.625. The number of hydrogen-bond donors (Lipinski definition) is 1. The molecule has 0 fully saturated rings. The van der Waals surface area contributed by atoms with Crippen LogP contribution in [0, 0.1) is 5.82 Å². The maximum atomic E-state index is 14.1. The minimum Gasteiger partial charge on any atom is -0.370 e. The van der Waals surface area contributed by atoms with Crippen LogP contribution < -0.4 is 10.2 Å². The van der Waals surface area contributed by atoms with Crippen molar-refractivity contribution in [2.75, 3.05) is 18.5 Å². The van der Waals surface area contributed by atoms with Crippen molar-refractivity contribution in [2.24, 2.45) is 0 Å². The van der Waals surface area contributed by atoms with Gasteiger partial charge in [0.2, 0.25) is 0 Å². The number of hydrogen-bond acceptors (Lipinski definition) is 2. The van der Waals surface area contributed by atoms with E-state index < -0.39 is 0 Å². The Hall–Kier alpha value is -1.09. The van der Waals surface area contributed by atoms with Crippen LogP contribution in [0.2, 0.25) is 0 Å². The lowest BCUT2D eigenvalue weighted by atomic mass is 10.1. The number of rotatable bonds is 8. The van der Waals surface area contributed by atoms with Gasteiger partial charge in [-0.05, 0) is 44.0 Å². The summed E-state index contributed by atoms with van der Waals surface area (Å²) in [5.41, 5.74) is 1.70. The van der Waals surface area contributed by atoms with Gasteiger partial charge in [-0.1, -0.05) is 26.3 Å². The van der Waals surface area contributed by atoms with Crippen LogP contribution in [0.25, 0.3) is 0 Å². The van der Waals surface area contributed by atoms with E-state index in [-0.39, 0.29) is 5.82 Å². The Kier molecular flexibility index (Phi) is 6.85. The zero-order chi connectivity index (χ0) is 14.3. The highest BCUT2D eigenvalue weighted by Crippen LogP contribution is 2.22. The zero-order valence-electron chi connectivity index (χ0n) is 12.7. The molecular weight excluding hydrogens is 239 g/mol. The van der Waals surface area contributed by atoms with Crippen LogP contribution in [0.15, 0.2) is 18.2 Å². The van der Waals surface area contributed by atoms with E-state index in [1.807, 2.05) is 24.1 Å². The average molecular weight is 266 g/mol. The van der Waals surface area contributed by atoms with Gasteiger partial charge in [0.15, 0.2) is 0 Å². The molecule has 0 heterocycles. The molecule has 1 rings (SSSR count). The zero-order valence-corrected chi connectivity index (χ0v) is 12.7. The Bertz CT molecular complexity index is 379. The molecule has 19 heavy (non-hydrogen) atoms. The number of benzene rings is 1. The van der Waals surface area contributed by atoms with Crippen LogP contribution in [-0.2, 0) is 6.54 Å². The minimum atomic E-state index is -0.124. The van der Waals surface area contributed by atoms with Crippen molar-refractivity contribution in [3.63, 3.8) is 0 Å². The van der Waals surface area contributed by atoms with Gasteiger partial charge in [0.05, 0.1) is 5.69 Å². The van der Waals surface area contributed by atoms with E-state index in [9.17, 15) is 4.39 Å². The van der Waals surface area contributed by atoms with E-state index in [2.05, 4.69) is 26.1 Å². The van der Waals surface area contributed by atoms with Gasteiger partial charge in [0.25, 0.3) is 0 Å². The molecule has 0 saturated heterocycles. The lowest BCUT2D eigenvalue weighted by Gasteiger charge is -2.27. The number of halogens is 1. The summed E-state index contributed by atoms with van der Waals surface area (Å²) in [5, 5.41) is 3.29. The van der Waals surface area contributed by atoms with Gasteiger partial charge in [-0.2, -0.15) is 0 Å². The second-order valence-electron chi connectivity index (χ2n) is 5.21. The van der Waals surface area contributed by atoms with Gasteiger partial charge < -0.3 is 10.2 Å². The second-order valence-corrected chi connectivity index (χ2v) is 5.21. The molecule has 1 atom stereocenters. The quantitative estimate of drug-likeness (QED) is 0.717. The molecule has 3 heteroatoms. The van der Waals surface area contributed by atoms with Crippen molar-refractivity contribution in [1.29, 1.82) is 0 Å². The highest BCUT2D eigenvalue weighted by Gasteiger charge is 2.13. The first-order chi connectivity index (χ1) is 9.10. The summed E-state index contributed by atoms with van der Waals surface area (Å²) >= 11 is 0. The largest absolute Gasteiger partial charge is 0.370 e. The molecule has 1 aromatic rings. The Morgan fingerprint density at radius 2 is 2.00 bits per heavy atom. The standard InChI is InChI=1S/C16H27FN2/c1-5-7-13(3)19(4)16-9-8-14(11-15(16)17)12-18-10-6-2/h8-9,11,13,18H,5-7,10,12H2,1-4H3. The van der Waals surface area contributed by atoms with Crippen molar-refractivity contribution in [3.05, 3.63) is 29.6 Å². The average Bonchev–Trinajstić information content (AvgIpc) is 2.39. The van der Waals surface area contributed by atoms with Crippen LogP contribution in [0.1, 0.15) is 45.6 Å². The van der Waals surface area contributed by atoms with Crippen LogP contribution in [0.3, 0.4) is 0 Å². The normalized spacial score (nSPS) is 12.5. The van der Waals surface area contributed by atoms with Gasteiger partial charge in [-0.25, -0.2) is 4.39 Å². The van der Waals surface area contributed by atoms with Gasteiger partial charge in [-0.3, -0.25) is 0 Å². The van der Waals surface area contributed by atoms with Gasteiger partial charge in [-0.15, -0.1) is 0 Å². The first-order valence-electron chi connectivity index (χ1n) is 7.32. The summed E-state index contributed by atoms with van der Waals surface area (Å²) in [6, 6.07) is 5.91. The molecule has 1 unspecified atom stereocenters. The maximum absolute atomic E-state index is 14.1. The van der Waals surface area contributed by atoms with E-state index in [1.54, 1.807) is 6.07 Å². The molecule has 1 aromatic carbocycles. The Morgan fingerprint density at radius 1 is 1.26 bits per heavy atom. The monoisotopic (exact) mass is 266 g/mol. The third kappa shape index (κ3) is 4.83. The van der Waals surface area contributed by atoms with Crippen LogP contribution in [-0.4, -0.2) is 19.6 Å². The first kappa shape index (κ1) is 16.0. The van der Waals surface area contributed by atoms with Crippen molar-refractivity contribution in [3.8, 4) is 0 Å². The van der Waals surface area contributed by atoms with Crippen LogP contribution >= 0.6 is 0 Å². The predicted octanol–water partition coefficient (Wildman–Crippen LogP) is 3.95. The minimum absolute atomic E-state index is 0.124. The van der Waals surface area contributed by atoms with Crippen molar-refractivity contribution >= 4 is 5.69 Å². The third-order valence-corrected chi connectivity index (χ3v) is 3.52. The molecule has 0 amide bonds. The van der Waals surface area contributed by atoms with E-state index in [0.29, 0.717) is 11.7 Å². The van der Waals surface area contributed by atoms with Crippen molar-refractivity contribution in [2.45, 2.75) is 52.6 Å². The first-order valence-corrected chi connectivity index (χ1v) is 7.32. The molecule has 0 bridgehead atoms. The molecule has 0 spiro atoms. The molecule has 0 radical (unpaired) electrons. The maximum Gasteiger partial charge on any atom is 0.146 e. The summed E-state index contributed by atoms with van der Waals surface area (Å²) in [6.07, 6.45) is 3.29. The highest BCUT2D eigenvalue weighted by atomic mass is 19.1. The molecule has 0 aliphatic heterocycles. The van der Waals surface area contributed by atoms with E-state index in [4.69, 9.17) is 0 Å². The third-order valence-electron chi connectivity index (χ3n) is 3.52. The summed E-state index contributed by atoms with van der Waals surface area (Å²) < 4.78 is 14.1. The Labute approximate surface area is 117 Å². The van der Waals surface area contributed by atoms with Gasteiger partial charge in [0.1, 0.15) is 5.82 Å². The van der Waals surface area contributed by atoms with E-state index in [1.165, 1.54) is 0 Å². The topological polar surface area (TPSA) is 15.3 Å². The van der Waals surface area contributed by atoms with Crippen LogP contribution in [0.5, 0.6) is 0 Å². The fourth-order valence-electron chi connectivity index (χ4n) is 2.20. The van der Waals surface area contributed by atoms with Gasteiger partial charge >= 0.3 is 0 Å². The van der Waals surface area contributed by atoms with E-state index in [0.717, 1.165) is 37.9 Å². The second kappa shape index (κ2) is 8.16. The molecule has 108 valence electrons. The Morgan fingerprint density at radius 3 is 2.58 bits per heavy atom. The SMILES string of the molecule is CCCNCc1ccc(N(C)C(C)CCC)c(F)c1. The molecule has 1 N–H and O–H groups in total. The predicted molar refractivity (Wildman–Crippen MR) is 81.2 cm³/mol. The van der Waals surface area contributed by atoms with Gasteiger partial charge in [0, 0.05) is 19.6 Å².